The van der Waals surface area contributed by atoms with Gasteiger partial charge in [-0.25, -0.2) is 4.98 Å². The second-order valence-electron chi connectivity index (χ2n) is 2.81. The Balaban J connectivity index is 2.21. The molecule has 1 heterocycles. The Hall–Kier alpha value is -0.800. The monoisotopic (exact) mass is 214 g/mol. The van der Waals surface area contributed by atoms with E-state index in [0.717, 1.165) is 32.0 Å². The lowest BCUT2D eigenvalue weighted by Crippen LogP contribution is -2.07. The smallest absolute Gasteiger partial charge is 0.144 e. The number of aromatic nitrogens is 1. The maximum absolute atomic E-state index is 5.91. The first kappa shape index (κ1) is 11.3. The zero-order valence-corrected chi connectivity index (χ0v) is 9.05. The maximum atomic E-state index is 5.91. The SMILES string of the molecule is CCOCCCNc1ncccc1Cl. The van der Waals surface area contributed by atoms with Gasteiger partial charge in [0, 0.05) is 26.0 Å². The molecule has 0 aliphatic heterocycles. The molecule has 4 heteroatoms. The molecule has 0 aromatic carbocycles. The molecule has 0 saturated carbocycles. The van der Waals surface area contributed by atoms with Gasteiger partial charge in [-0.15, -0.1) is 0 Å². The van der Waals surface area contributed by atoms with Gasteiger partial charge in [0.25, 0.3) is 0 Å². The third kappa shape index (κ3) is 3.94. The minimum atomic E-state index is 0.656. The molecule has 78 valence electrons. The molecule has 0 aliphatic carbocycles. The van der Waals surface area contributed by atoms with Crippen LogP contribution in [0.1, 0.15) is 13.3 Å². The van der Waals surface area contributed by atoms with E-state index in [1.165, 1.54) is 0 Å². The predicted octanol–water partition coefficient (Wildman–Crippen LogP) is 2.57. The third-order valence-electron chi connectivity index (χ3n) is 1.72. The molecule has 1 aromatic heterocycles. The number of halogens is 1. The van der Waals surface area contributed by atoms with Gasteiger partial charge in [-0.2, -0.15) is 0 Å². The molecule has 0 spiro atoms. The lowest BCUT2D eigenvalue weighted by molar-refractivity contribution is 0.147. The van der Waals surface area contributed by atoms with Gasteiger partial charge in [0.1, 0.15) is 5.82 Å². The summed E-state index contributed by atoms with van der Waals surface area (Å²) in [6.45, 7) is 4.36. The van der Waals surface area contributed by atoms with Crippen LogP contribution in [0.2, 0.25) is 5.02 Å². The van der Waals surface area contributed by atoms with Crippen molar-refractivity contribution in [3.8, 4) is 0 Å². The third-order valence-corrected chi connectivity index (χ3v) is 2.03. The Morgan fingerprint density at radius 1 is 1.57 bits per heavy atom. The van der Waals surface area contributed by atoms with Crippen molar-refractivity contribution in [3.05, 3.63) is 23.4 Å². The van der Waals surface area contributed by atoms with Gasteiger partial charge in [0.15, 0.2) is 0 Å². The molecule has 0 aliphatic rings. The zero-order valence-electron chi connectivity index (χ0n) is 8.29. The molecule has 0 amide bonds. The van der Waals surface area contributed by atoms with Crippen LogP contribution in [0.5, 0.6) is 0 Å². The molecule has 1 N–H and O–H groups in total. The second-order valence-corrected chi connectivity index (χ2v) is 3.22. The first-order valence-electron chi connectivity index (χ1n) is 4.76. The highest BCUT2D eigenvalue weighted by atomic mass is 35.5. The first-order chi connectivity index (χ1) is 6.84. The minimum absolute atomic E-state index is 0.656. The highest BCUT2D eigenvalue weighted by molar-refractivity contribution is 6.32. The van der Waals surface area contributed by atoms with Gasteiger partial charge >= 0.3 is 0 Å². The molecule has 0 unspecified atom stereocenters. The summed E-state index contributed by atoms with van der Waals surface area (Å²) in [5.74, 6) is 0.741. The lowest BCUT2D eigenvalue weighted by Gasteiger charge is -2.06. The Morgan fingerprint density at radius 2 is 2.43 bits per heavy atom. The van der Waals surface area contributed by atoms with Crippen molar-refractivity contribution in [2.45, 2.75) is 13.3 Å². The summed E-state index contributed by atoms with van der Waals surface area (Å²) in [5.41, 5.74) is 0. The molecule has 0 radical (unpaired) electrons. The number of rotatable bonds is 6. The molecule has 1 aromatic rings. The van der Waals surface area contributed by atoms with Gasteiger partial charge in [0.2, 0.25) is 0 Å². The average molecular weight is 215 g/mol. The van der Waals surface area contributed by atoms with Crippen molar-refractivity contribution >= 4 is 17.4 Å². The number of hydrogen-bond donors (Lipinski definition) is 1. The van der Waals surface area contributed by atoms with Gasteiger partial charge < -0.3 is 10.1 Å². The number of ether oxygens (including phenoxy) is 1. The number of nitrogens with one attached hydrogen (secondary N) is 1. The van der Waals surface area contributed by atoms with Crippen molar-refractivity contribution in [1.29, 1.82) is 0 Å². The van der Waals surface area contributed by atoms with Crippen LogP contribution >= 0.6 is 11.6 Å². The molecule has 0 atom stereocenters. The topological polar surface area (TPSA) is 34.1 Å². The van der Waals surface area contributed by atoms with Crippen molar-refractivity contribution in [3.63, 3.8) is 0 Å². The molecular formula is C10H15ClN2O. The Labute approximate surface area is 89.4 Å². The fraction of sp³-hybridized carbons (Fsp3) is 0.500. The van der Waals surface area contributed by atoms with Crippen molar-refractivity contribution < 1.29 is 4.74 Å². The standard InChI is InChI=1S/C10H15ClN2O/c1-2-14-8-4-7-13-10-9(11)5-3-6-12-10/h3,5-6H,2,4,7-8H2,1H3,(H,12,13). The Kier molecular flexibility index (Phi) is 5.33. The zero-order chi connectivity index (χ0) is 10.2. The summed E-state index contributed by atoms with van der Waals surface area (Å²) in [6, 6.07) is 3.63. The predicted molar refractivity (Wildman–Crippen MR) is 58.8 cm³/mol. The summed E-state index contributed by atoms with van der Waals surface area (Å²) >= 11 is 5.91. The highest BCUT2D eigenvalue weighted by Gasteiger charge is 1.97. The molecule has 3 nitrogen and oxygen atoms in total. The number of anilines is 1. The number of hydrogen-bond acceptors (Lipinski definition) is 3. The number of pyridine rings is 1. The van der Waals surface area contributed by atoms with Gasteiger partial charge in [-0.1, -0.05) is 11.6 Å². The largest absolute Gasteiger partial charge is 0.382 e. The molecule has 1 rings (SSSR count). The molecule has 0 fully saturated rings. The quantitative estimate of drug-likeness (QED) is 0.740. The van der Waals surface area contributed by atoms with Crippen LogP contribution in [0.15, 0.2) is 18.3 Å². The average Bonchev–Trinajstić information content (AvgIpc) is 2.20. The lowest BCUT2D eigenvalue weighted by atomic mass is 10.4. The van der Waals surface area contributed by atoms with Crippen LogP contribution in [0.25, 0.3) is 0 Å². The first-order valence-corrected chi connectivity index (χ1v) is 5.14. The van der Waals surface area contributed by atoms with E-state index in [4.69, 9.17) is 16.3 Å². The highest BCUT2D eigenvalue weighted by Crippen LogP contribution is 2.16. The summed E-state index contributed by atoms with van der Waals surface area (Å²) < 4.78 is 5.21. The van der Waals surface area contributed by atoms with Crippen LogP contribution in [0.4, 0.5) is 5.82 Å². The fourth-order valence-corrected chi connectivity index (χ4v) is 1.23. The maximum Gasteiger partial charge on any atom is 0.144 e. The fourth-order valence-electron chi connectivity index (χ4n) is 1.04. The molecule has 14 heavy (non-hydrogen) atoms. The van der Waals surface area contributed by atoms with Gasteiger partial charge in [-0.3, -0.25) is 0 Å². The van der Waals surface area contributed by atoms with E-state index >= 15 is 0 Å². The van der Waals surface area contributed by atoms with Crippen LogP contribution in [0.3, 0.4) is 0 Å². The van der Waals surface area contributed by atoms with Crippen molar-refractivity contribution in [1.82, 2.24) is 4.98 Å². The summed E-state index contributed by atoms with van der Waals surface area (Å²) in [6.07, 6.45) is 2.68. The van der Waals surface area contributed by atoms with Gasteiger partial charge in [-0.05, 0) is 25.5 Å². The van der Waals surface area contributed by atoms with Crippen LogP contribution in [-0.2, 0) is 4.74 Å². The van der Waals surface area contributed by atoms with E-state index < -0.39 is 0 Å². The van der Waals surface area contributed by atoms with E-state index in [1.54, 1.807) is 6.20 Å². The van der Waals surface area contributed by atoms with Gasteiger partial charge in [0.05, 0.1) is 5.02 Å². The van der Waals surface area contributed by atoms with E-state index in [0.29, 0.717) is 5.02 Å². The van der Waals surface area contributed by atoms with E-state index in [9.17, 15) is 0 Å². The van der Waals surface area contributed by atoms with Crippen molar-refractivity contribution in [2.24, 2.45) is 0 Å². The van der Waals surface area contributed by atoms with E-state index in [1.807, 2.05) is 19.1 Å². The van der Waals surface area contributed by atoms with Crippen molar-refractivity contribution in [2.75, 3.05) is 25.1 Å². The Bertz CT molecular complexity index is 268. The summed E-state index contributed by atoms with van der Waals surface area (Å²) in [7, 11) is 0. The molecule has 0 saturated heterocycles. The van der Waals surface area contributed by atoms with Crippen LogP contribution < -0.4 is 5.32 Å². The van der Waals surface area contributed by atoms with Crippen LogP contribution in [0, 0.1) is 0 Å². The Morgan fingerprint density at radius 3 is 3.14 bits per heavy atom. The van der Waals surface area contributed by atoms with E-state index in [-0.39, 0.29) is 0 Å². The second kappa shape index (κ2) is 6.62. The molecule has 0 bridgehead atoms. The number of nitrogens with zero attached hydrogens (tertiary/aromatic N) is 1. The van der Waals surface area contributed by atoms with Crippen LogP contribution in [-0.4, -0.2) is 24.7 Å². The summed E-state index contributed by atoms with van der Waals surface area (Å²) in [4.78, 5) is 4.11. The minimum Gasteiger partial charge on any atom is -0.382 e. The van der Waals surface area contributed by atoms with E-state index in [2.05, 4.69) is 10.3 Å². The summed E-state index contributed by atoms with van der Waals surface area (Å²) in [5, 5.41) is 3.81. The normalized spacial score (nSPS) is 10.1. The molecular weight excluding hydrogens is 200 g/mol.